The van der Waals surface area contributed by atoms with Gasteiger partial charge in [-0.1, -0.05) is 0 Å². The van der Waals surface area contributed by atoms with Crippen LogP contribution in [0.2, 0.25) is 0 Å². The van der Waals surface area contributed by atoms with Crippen molar-refractivity contribution in [2.45, 2.75) is 32.9 Å². The first kappa shape index (κ1) is 9.77. The molecular formula is C9H16N4. The van der Waals surface area contributed by atoms with Gasteiger partial charge in [-0.05, 0) is 20.8 Å². The summed E-state index contributed by atoms with van der Waals surface area (Å²) in [6.07, 6.45) is 5.27. The smallest absolute Gasteiger partial charge is 0.114 e. The Balaban J connectivity index is 2.43. The molecule has 0 radical (unpaired) electrons. The van der Waals surface area contributed by atoms with Gasteiger partial charge >= 0.3 is 0 Å². The van der Waals surface area contributed by atoms with Crippen LogP contribution in [0.15, 0.2) is 18.7 Å². The van der Waals surface area contributed by atoms with Crippen LogP contribution in [0.4, 0.5) is 0 Å². The second-order valence-corrected chi connectivity index (χ2v) is 4.09. The molecular weight excluding hydrogens is 164 g/mol. The molecule has 1 rings (SSSR count). The van der Waals surface area contributed by atoms with Gasteiger partial charge in [0.25, 0.3) is 0 Å². The Morgan fingerprint density at radius 2 is 2.23 bits per heavy atom. The summed E-state index contributed by atoms with van der Waals surface area (Å²) in [4.78, 5) is 3.91. The number of nitrogens with zero attached hydrogens (tertiary/aromatic N) is 2. The third kappa shape index (κ3) is 3.73. The zero-order valence-electron chi connectivity index (χ0n) is 8.33. The fourth-order valence-corrected chi connectivity index (χ4v) is 1.06. The fraction of sp³-hybridized carbons (Fsp3) is 0.556. The summed E-state index contributed by atoms with van der Waals surface area (Å²) in [7, 11) is 0. The van der Waals surface area contributed by atoms with Crippen LogP contribution in [0.3, 0.4) is 0 Å². The summed E-state index contributed by atoms with van der Waals surface area (Å²) in [5.41, 5.74) is -0.0440. The molecule has 0 aliphatic carbocycles. The van der Waals surface area contributed by atoms with Gasteiger partial charge in [-0.2, -0.15) is 0 Å². The molecule has 0 saturated heterocycles. The normalized spacial score (nSPS) is 11.3. The quantitative estimate of drug-likeness (QED) is 0.531. The molecule has 0 amide bonds. The maximum Gasteiger partial charge on any atom is 0.114 e. The molecule has 4 heteroatoms. The molecule has 0 fully saturated rings. The second kappa shape index (κ2) is 3.60. The number of aromatic nitrogens is 2. The molecule has 0 spiro atoms. The van der Waals surface area contributed by atoms with Crippen molar-refractivity contribution in [3.05, 3.63) is 18.7 Å². The highest BCUT2D eigenvalue weighted by atomic mass is 15.1. The molecule has 13 heavy (non-hydrogen) atoms. The van der Waals surface area contributed by atoms with Gasteiger partial charge in [0.05, 0.1) is 12.9 Å². The number of hydrogen-bond acceptors (Lipinski definition) is 2. The van der Waals surface area contributed by atoms with Gasteiger partial charge in [0, 0.05) is 17.9 Å². The Hall–Kier alpha value is -1.32. The van der Waals surface area contributed by atoms with Gasteiger partial charge in [0.2, 0.25) is 0 Å². The molecule has 1 heterocycles. The molecule has 0 aliphatic heterocycles. The van der Waals surface area contributed by atoms with Crippen LogP contribution in [-0.2, 0) is 6.54 Å². The van der Waals surface area contributed by atoms with Gasteiger partial charge in [-0.25, -0.2) is 4.98 Å². The van der Waals surface area contributed by atoms with E-state index in [0.717, 1.165) is 0 Å². The van der Waals surface area contributed by atoms with Crippen LogP contribution >= 0.6 is 0 Å². The molecule has 2 N–H and O–H groups in total. The Kier molecular flexibility index (Phi) is 2.70. The predicted octanol–water partition coefficient (Wildman–Crippen LogP) is 1.25. The van der Waals surface area contributed by atoms with Crippen LogP contribution in [0.1, 0.15) is 20.8 Å². The summed E-state index contributed by atoms with van der Waals surface area (Å²) in [5, 5.41) is 10.8. The van der Waals surface area contributed by atoms with Crippen molar-refractivity contribution < 1.29 is 0 Å². The first-order valence-corrected chi connectivity index (χ1v) is 4.29. The molecule has 4 nitrogen and oxygen atoms in total. The highest BCUT2D eigenvalue weighted by molar-refractivity contribution is 5.79. The Labute approximate surface area is 78.5 Å². The first-order valence-electron chi connectivity index (χ1n) is 4.29. The zero-order chi connectivity index (χ0) is 9.90. The van der Waals surface area contributed by atoms with E-state index in [4.69, 9.17) is 5.41 Å². The standard InChI is InChI=1S/C9H16N4/c1-9(2,3)12-8(10)6-13-5-4-11-7-13/h4-5,7H,6H2,1-3H3,(H2,10,12). The lowest BCUT2D eigenvalue weighted by Gasteiger charge is -2.22. The number of rotatable bonds is 2. The van der Waals surface area contributed by atoms with Gasteiger partial charge in [-0.3, -0.25) is 5.41 Å². The van der Waals surface area contributed by atoms with E-state index in [-0.39, 0.29) is 5.54 Å². The zero-order valence-corrected chi connectivity index (χ0v) is 8.33. The summed E-state index contributed by atoms with van der Waals surface area (Å²) < 4.78 is 1.86. The second-order valence-electron chi connectivity index (χ2n) is 4.09. The van der Waals surface area contributed by atoms with E-state index in [9.17, 15) is 0 Å². The highest BCUT2D eigenvalue weighted by Gasteiger charge is 2.10. The maximum atomic E-state index is 7.66. The maximum absolute atomic E-state index is 7.66. The van der Waals surface area contributed by atoms with Crippen LogP contribution in [0.5, 0.6) is 0 Å². The van der Waals surface area contributed by atoms with Crippen LogP contribution in [-0.4, -0.2) is 20.9 Å². The van der Waals surface area contributed by atoms with Crippen LogP contribution in [0, 0.1) is 5.41 Å². The van der Waals surface area contributed by atoms with Crippen molar-refractivity contribution in [1.29, 1.82) is 5.41 Å². The molecule has 0 aliphatic rings. The SMILES string of the molecule is CC(C)(C)NC(=N)Cn1ccnc1. The van der Waals surface area contributed by atoms with Gasteiger partial charge in [-0.15, -0.1) is 0 Å². The molecule has 0 saturated carbocycles. The van der Waals surface area contributed by atoms with Crippen LogP contribution in [0.25, 0.3) is 0 Å². The third-order valence-corrected chi connectivity index (χ3v) is 1.43. The largest absolute Gasteiger partial charge is 0.368 e. The molecule has 0 unspecified atom stereocenters. The molecule has 0 bridgehead atoms. The Bertz CT molecular complexity index is 268. The van der Waals surface area contributed by atoms with E-state index in [0.29, 0.717) is 12.4 Å². The summed E-state index contributed by atoms with van der Waals surface area (Å²) in [5.74, 6) is 0.505. The van der Waals surface area contributed by atoms with E-state index in [1.165, 1.54) is 0 Å². The van der Waals surface area contributed by atoms with Gasteiger partial charge in [0.15, 0.2) is 0 Å². The van der Waals surface area contributed by atoms with E-state index >= 15 is 0 Å². The number of amidine groups is 1. The van der Waals surface area contributed by atoms with Gasteiger partial charge < -0.3 is 9.88 Å². The van der Waals surface area contributed by atoms with E-state index in [1.807, 2.05) is 31.5 Å². The number of nitrogens with one attached hydrogen (secondary N) is 2. The molecule has 1 aromatic heterocycles. The van der Waals surface area contributed by atoms with Crippen molar-refractivity contribution in [2.75, 3.05) is 0 Å². The predicted molar refractivity (Wildman–Crippen MR) is 52.8 cm³/mol. The lowest BCUT2D eigenvalue weighted by atomic mass is 10.1. The van der Waals surface area contributed by atoms with Crippen molar-refractivity contribution in [1.82, 2.24) is 14.9 Å². The lowest BCUT2D eigenvalue weighted by Crippen LogP contribution is -2.41. The minimum Gasteiger partial charge on any atom is -0.368 e. The molecule has 1 aromatic rings. The Morgan fingerprint density at radius 1 is 1.54 bits per heavy atom. The van der Waals surface area contributed by atoms with Crippen molar-refractivity contribution >= 4 is 5.84 Å². The van der Waals surface area contributed by atoms with E-state index < -0.39 is 0 Å². The Morgan fingerprint density at radius 3 is 2.69 bits per heavy atom. The number of imidazole rings is 1. The summed E-state index contributed by atoms with van der Waals surface area (Å²) in [6.45, 7) is 6.66. The van der Waals surface area contributed by atoms with Gasteiger partial charge in [0.1, 0.15) is 5.84 Å². The molecule has 0 aromatic carbocycles. The third-order valence-electron chi connectivity index (χ3n) is 1.43. The summed E-state index contributed by atoms with van der Waals surface area (Å²) in [6, 6.07) is 0. The first-order chi connectivity index (χ1) is 5.97. The average Bonchev–Trinajstić information content (AvgIpc) is 2.34. The lowest BCUT2D eigenvalue weighted by molar-refractivity contribution is 0.502. The van der Waals surface area contributed by atoms with Crippen LogP contribution < -0.4 is 5.32 Å². The topological polar surface area (TPSA) is 53.7 Å². The van der Waals surface area contributed by atoms with E-state index in [2.05, 4.69) is 10.3 Å². The molecule has 0 atom stereocenters. The molecule has 72 valence electrons. The number of hydrogen-bond donors (Lipinski definition) is 2. The minimum atomic E-state index is -0.0440. The minimum absolute atomic E-state index is 0.0440. The average molecular weight is 180 g/mol. The fourth-order valence-electron chi connectivity index (χ4n) is 1.06. The van der Waals surface area contributed by atoms with Crippen molar-refractivity contribution in [3.63, 3.8) is 0 Å². The monoisotopic (exact) mass is 180 g/mol. The van der Waals surface area contributed by atoms with Crippen molar-refractivity contribution in [3.8, 4) is 0 Å². The van der Waals surface area contributed by atoms with Crippen molar-refractivity contribution in [2.24, 2.45) is 0 Å². The highest BCUT2D eigenvalue weighted by Crippen LogP contribution is 1.98. The summed E-state index contributed by atoms with van der Waals surface area (Å²) >= 11 is 0. The van der Waals surface area contributed by atoms with E-state index in [1.54, 1.807) is 12.5 Å².